The lowest BCUT2D eigenvalue weighted by Gasteiger charge is -2.27. The van der Waals surface area contributed by atoms with Crippen LogP contribution in [0.1, 0.15) is 37.1 Å². The number of ether oxygens (including phenoxy) is 1. The number of nitrogen functional groups attached to an aromatic ring is 1. The van der Waals surface area contributed by atoms with Crippen molar-refractivity contribution in [3.05, 3.63) is 59.6 Å². The molecule has 1 aromatic carbocycles. The zero-order valence-corrected chi connectivity index (χ0v) is 20.4. The van der Waals surface area contributed by atoms with Gasteiger partial charge in [0.1, 0.15) is 0 Å². The van der Waals surface area contributed by atoms with Crippen molar-refractivity contribution in [3.63, 3.8) is 0 Å². The van der Waals surface area contributed by atoms with Crippen LogP contribution >= 0.6 is 0 Å². The van der Waals surface area contributed by atoms with Crippen molar-refractivity contribution in [2.24, 2.45) is 0 Å². The molecular formula is C26H31N7O2. The molecule has 0 bridgehead atoms. The average Bonchev–Trinajstić information content (AvgIpc) is 3.56. The highest BCUT2D eigenvalue weighted by molar-refractivity contribution is 5.75. The van der Waals surface area contributed by atoms with Crippen molar-refractivity contribution in [1.29, 1.82) is 0 Å². The SMILES string of the molecule is Cc1cc(CN[C@H]2CCOC2)ccc1-c1nnc(-c2nc(C3=CN(C(C)C)CC=C3)cnc2N)o1. The van der Waals surface area contributed by atoms with Gasteiger partial charge in [-0.15, -0.1) is 10.2 Å². The minimum absolute atomic E-state index is 0.249. The summed E-state index contributed by atoms with van der Waals surface area (Å²) in [6.45, 7) is 9.62. The third-order valence-electron chi connectivity index (χ3n) is 6.35. The largest absolute Gasteiger partial charge is 0.414 e. The van der Waals surface area contributed by atoms with E-state index in [1.54, 1.807) is 6.20 Å². The fourth-order valence-electron chi connectivity index (χ4n) is 4.24. The number of hydrogen-bond acceptors (Lipinski definition) is 9. The fourth-order valence-corrected chi connectivity index (χ4v) is 4.24. The zero-order chi connectivity index (χ0) is 24.4. The van der Waals surface area contributed by atoms with Crippen molar-refractivity contribution in [3.8, 4) is 23.0 Å². The predicted molar refractivity (Wildman–Crippen MR) is 135 cm³/mol. The van der Waals surface area contributed by atoms with Crippen LogP contribution in [0.25, 0.3) is 28.6 Å². The molecule has 2 aromatic heterocycles. The third-order valence-corrected chi connectivity index (χ3v) is 6.35. The number of aromatic nitrogens is 4. The molecule has 182 valence electrons. The molecule has 0 saturated carbocycles. The second-order valence-corrected chi connectivity index (χ2v) is 9.27. The maximum atomic E-state index is 6.14. The topological polar surface area (TPSA) is 115 Å². The maximum absolute atomic E-state index is 6.14. The van der Waals surface area contributed by atoms with Gasteiger partial charge in [0.25, 0.3) is 5.89 Å². The second kappa shape index (κ2) is 9.97. The Morgan fingerprint density at radius 3 is 2.86 bits per heavy atom. The molecule has 1 saturated heterocycles. The zero-order valence-electron chi connectivity index (χ0n) is 20.4. The van der Waals surface area contributed by atoms with Crippen molar-refractivity contribution in [2.75, 3.05) is 25.5 Å². The molecule has 2 aliphatic rings. The summed E-state index contributed by atoms with van der Waals surface area (Å²) in [5, 5.41) is 12.0. The summed E-state index contributed by atoms with van der Waals surface area (Å²) in [6.07, 6.45) is 8.97. The fraction of sp³-hybridized carbons (Fsp3) is 0.385. The Bertz CT molecular complexity index is 1260. The van der Waals surface area contributed by atoms with Crippen molar-refractivity contribution in [2.45, 2.75) is 45.8 Å². The molecule has 3 N–H and O–H groups in total. The third kappa shape index (κ3) is 5.11. The Hall–Kier alpha value is -3.56. The first-order valence-corrected chi connectivity index (χ1v) is 12.0. The molecule has 0 radical (unpaired) electrons. The molecule has 0 spiro atoms. The molecule has 0 aliphatic carbocycles. The van der Waals surface area contributed by atoms with Crippen LogP contribution < -0.4 is 11.1 Å². The molecule has 3 aromatic rings. The number of anilines is 1. The number of nitrogens with two attached hydrogens (primary N) is 1. The number of allylic oxidation sites excluding steroid dienone is 2. The molecule has 4 heterocycles. The van der Waals surface area contributed by atoms with Gasteiger partial charge in [0.15, 0.2) is 11.5 Å². The van der Waals surface area contributed by atoms with Gasteiger partial charge < -0.3 is 25.1 Å². The number of aryl methyl sites for hydroxylation is 1. The predicted octanol–water partition coefficient (Wildman–Crippen LogP) is 3.58. The summed E-state index contributed by atoms with van der Waals surface area (Å²) in [5.41, 5.74) is 11.3. The van der Waals surface area contributed by atoms with Gasteiger partial charge in [0.2, 0.25) is 5.89 Å². The first kappa shape index (κ1) is 23.2. The molecule has 1 fully saturated rings. The lowest BCUT2D eigenvalue weighted by molar-refractivity contribution is 0.190. The summed E-state index contributed by atoms with van der Waals surface area (Å²) in [6, 6.07) is 7.03. The standard InChI is InChI=1S/C26H31N7O2/c1-16(2)33-9-4-5-19(14-33)22-13-29-24(27)23(30-22)26-32-31-25(35-26)21-7-6-18(11-17(21)3)12-28-20-8-10-34-15-20/h4-7,11,13-14,16,20,28H,8-10,12,15H2,1-3H3,(H2,27,29)/t20-/m0/s1. The number of nitrogens with one attached hydrogen (secondary N) is 1. The molecule has 5 rings (SSSR count). The highest BCUT2D eigenvalue weighted by Gasteiger charge is 2.20. The average molecular weight is 474 g/mol. The number of nitrogens with zero attached hydrogens (tertiary/aromatic N) is 5. The van der Waals surface area contributed by atoms with Crippen LogP contribution in [0.2, 0.25) is 0 Å². The molecule has 1 atom stereocenters. The van der Waals surface area contributed by atoms with E-state index in [0.29, 0.717) is 29.4 Å². The van der Waals surface area contributed by atoms with Gasteiger partial charge >= 0.3 is 0 Å². The van der Waals surface area contributed by atoms with Gasteiger partial charge in [-0.2, -0.15) is 0 Å². The van der Waals surface area contributed by atoms with Crippen LogP contribution in [0, 0.1) is 6.92 Å². The maximum Gasteiger partial charge on any atom is 0.270 e. The molecule has 0 unspecified atom stereocenters. The highest BCUT2D eigenvalue weighted by Crippen LogP contribution is 2.29. The van der Waals surface area contributed by atoms with Crippen molar-refractivity contribution in [1.82, 2.24) is 30.4 Å². The van der Waals surface area contributed by atoms with Crippen LogP contribution in [-0.2, 0) is 11.3 Å². The van der Waals surface area contributed by atoms with E-state index in [2.05, 4.69) is 63.7 Å². The van der Waals surface area contributed by atoms with Crippen LogP contribution in [-0.4, -0.2) is 56.9 Å². The Balaban J connectivity index is 1.36. The van der Waals surface area contributed by atoms with Crippen LogP contribution in [0.5, 0.6) is 0 Å². The van der Waals surface area contributed by atoms with E-state index in [1.165, 1.54) is 5.56 Å². The van der Waals surface area contributed by atoms with Gasteiger partial charge in [0.05, 0.1) is 18.5 Å². The smallest absolute Gasteiger partial charge is 0.270 e. The Morgan fingerprint density at radius 2 is 2.09 bits per heavy atom. The normalized spacial score (nSPS) is 17.9. The summed E-state index contributed by atoms with van der Waals surface area (Å²) in [4.78, 5) is 11.3. The second-order valence-electron chi connectivity index (χ2n) is 9.27. The van der Waals surface area contributed by atoms with Gasteiger partial charge in [-0.3, -0.25) is 0 Å². The summed E-state index contributed by atoms with van der Waals surface area (Å²) < 4.78 is 11.4. The van der Waals surface area contributed by atoms with E-state index < -0.39 is 0 Å². The van der Waals surface area contributed by atoms with Gasteiger partial charge in [0, 0.05) is 49.1 Å². The van der Waals surface area contributed by atoms with E-state index in [9.17, 15) is 0 Å². The van der Waals surface area contributed by atoms with Crippen LogP contribution in [0.3, 0.4) is 0 Å². The van der Waals surface area contributed by atoms with Gasteiger partial charge in [-0.25, -0.2) is 9.97 Å². The first-order valence-electron chi connectivity index (χ1n) is 12.0. The quantitative estimate of drug-likeness (QED) is 0.531. The minimum Gasteiger partial charge on any atom is -0.414 e. The molecule has 9 nitrogen and oxygen atoms in total. The lowest BCUT2D eigenvalue weighted by Crippen LogP contribution is -2.28. The van der Waals surface area contributed by atoms with Crippen molar-refractivity contribution >= 4 is 11.4 Å². The Labute approximate surface area is 205 Å². The van der Waals surface area contributed by atoms with Crippen LogP contribution in [0.4, 0.5) is 5.82 Å². The summed E-state index contributed by atoms with van der Waals surface area (Å²) >= 11 is 0. The monoisotopic (exact) mass is 473 g/mol. The van der Waals surface area contributed by atoms with Crippen LogP contribution in [0.15, 0.2) is 47.2 Å². The first-order chi connectivity index (χ1) is 17.0. The van der Waals surface area contributed by atoms with E-state index >= 15 is 0 Å². The summed E-state index contributed by atoms with van der Waals surface area (Å²) in [7, 11) is 0. The van der Waals surface area contributed by atoms with Gasteiger partial charge in [-0.1, -0.05) is 24.3 Å². The van der Waals surface area contributed by atoms with Gasteiger partial charge in [-0.05, 0) is 44.4 Å². The summed E-state index contributed by atoms with van der Waals surface area (Å²) in [5.74, 6) is 0.925. The molecular weight excluding hydrogens is 442 g/mol. The van der Waals surface area contributed by atoms with E-state index in [-0.39, 0.29) is 11.7 Å². The Kier molecular flexibility index (Phi) is 6.61. The number of rotatable bonds is 7. The minimum atomic E-state index is 0.249. The number of hydrogen-bond donors (Lipinski definition) is 2. The van der Waals surface area contributed by atoms with E-state index in [4.69, 9.17) is 19.9 Å². The van der Waals surface area contributed by atoms with E-state index in [0.717, 1.165) is 49.4 Å². The number of benzene rings is 1. The van der Waals surface area contributed by atoms with Crippen molar-refractivity contribution < 1.29 is 9.15 Å². The highest BCUT2D eigenvalue weighted by atomic mass is 16.5. The molecule has 9 heteroatoms. The van der Waals surface area contributed by atoms with E-state index in [1.807, 2.05) is 19.1 Å². The molecule has 0 amide bonds. The molecule has 35 heavy (non-hydrogen) atoms. The molecule has 2 aliphatic heterocycles. The Morgan fingerprint density at radius 1 is 1.23 bits per heavy atom. The lowest BCUT2D eigenvalue weighted by atomic mass is 10.0.